The highest BCUT2D eigenvalue weighted by molar-refractivity contribution is 7.92. The first-order valence-corrected chi connectivity index (χ1v) is 13.7. The van der Waals surface area contributed by atoms with E-state index < -0.39 is 32.6 Å². The molecule has 0 bridgehead atoms. The van der Waals surface area contributed by atoms with Gasteiger partial charge in [0.25, 0.3) is 15.9 Å². The number of carbonyl (C=O) groups is 1. The normalized spacial score (nSPS) is 14.2. The van der Waals surface area contributed by atoms with Crippen LogP contribution in [0.4, 0.5) is 30.2 Å². The van der Waals surface area contributed by atoms with Crippen molar-refractivity contribution in [2.24, 2.45) is 0 Å². The fourth-order valence-corrected chi connectivity index (χ4v) is 6.50. The third-order valence-electron chi connectivity index (χ3n) is 6.18. The lowest BCUT2D eigenvalue weighted by Gasteiger charge is -2.26. The first kappa shape index (κ1) is 26.0. The first-order chi connectivity index (χ1) is 16.9. The Bertz CT molecular complexity index is 1410. The molecule has 0 unspecified atom stereocenters. The van der Waals surface area contributed by atoms with Crippen molar-refractivity contribution in [3.63, 3.8) is 0 Å². The molecule has 36 heavy (non-hydrogen) atoms. The van der Waals surface area contributed by atoms with Crippen LogP contribution in [0.25, 0.3) is 0 Å². The molecule has 0 atom stereocenters. The minimum Gasteiger partial charge on any atom is -0.371 e. The number of hydrogen-bond acceptors (Lipinski definition) is 5. The largest absolute Gasteiger partial charge is 0.416 e. The van der Waals surface area contributed by atoms with E-state index >= 15 is 0 Å². The van der Waals surface area contributed by atoms with E-state index in [0.717, 1.165) is 77.8 Å². The second-order valence-corrected chi connectivity index (χ2v) is 11.4. The average molecular weight is 538 g/mol. The van der Waals surface area contributed by atoms with Gasteiger partial charge in [-0.25, -0.2) is 8.42 Å². The van der Waals surface area contributed by atoms with Crippen LogP contribution in [0.1, 0.15) is 44.8 Å². The smallest absolute Gasteiger partial charge is 0.371 e. The lowest BCUT2D eigenvalue weighted by molar-refractivity contribution is -0.137. The Morgan fingerprint density at radius 2 is 1.72 bits per heavy atom. The molecular formula is C25H26F3N3O3S2. The molecule has 0 radical (unpaired) electrons. The number of thiophene rings is 1. The summed E-state index contributed by atoms with van der Waals surface area (Å²) in [4.78, 5) is 15.1. The summed E-state index contributed by atoms with van der Waals surface area (Å²) >= 11 is 1.04. The Kier molecular flexibility index (Phi) is 7.07. The molecule has 1 amide bonds. The number of rotatable bonds is 6. The molecule has 1 saturated heterocycles. The number of benzene rings is 2. The zero-order valence-corrected chi connectivity index (χ0v) is 21.6. The summed E-state index contributed by atoms with van der Waals surface area (Å²) in [7, 11) is -4.36. The van der Waals surface area contributed by atoms with E-state index in [1.165, 1.54) is 6.07 Å². The molecule has 192 valence electrons. The Morgan fingerprint density at radius 1 is 1.03 bits per heavy atom. The molecule has 11 heteroatoms. The van der Waals surface area contributed by atoms with Crippen molar-refractivity contribution in [2.45, 2.75) is 44.7 Å². The van der Waals surface area contributed by atoms with Gasteiger partial charge in [0.2, 0.25) is 0 Å². The van der Waals surface area contributed by atoms with Gasteiger partial charge >= 0.3 is 6.18 Å². The minimum atomic E-state index is -4.68. The van der Waals surface area contributed by atoms with Crippen LogP contribution in [0.2, 0.25) is 0 Å². The number of anilines is 3. The van der Waals surface area contributed by atoms with Gasteiger partial charge < -0.3 is 10.2 Å². The number of aryl methyl sites for hydroxylation is 2. The van der Waals surface area contributed by atoms with Crippen LogP contribution in [0, 0.1) is 20.8 Å². The van der Waals surface area contributed by atoms with E-state index in [-0.39, 0.29) is 10.6 Å². The van der Waals surface area contributed by atoms with Crippen LogP contribution in [0.15, 0.2) is 46.7 Å². The summed E-state index contributed by atoms with van der Waals surface area (Å²) in [6.45, 7) is 7.79. The van der Waals surface area contributed by atoms with Crippen LogP contribution in [-0.4, -0.2) is 27.4 Å². The van der Waals surface area contributed by atoms with Crippen molar-refractivity contribution in [3.05, 3.63) is 68.9 Å². The Labute approximate surface area is 212 Å². The molecule has 2 heterocycles. The zero-order valence-electron chi connectivity index (χ0n) is 20.0. The maximum atomic E-state index is 13.2. The second-order valence-electron chi connectivity index (χ2n) is 8.80. The van der Waals surface area contributed by atoms with Gasteiger partial charge in [-0.3, -0.25) is 9.52 Å². The number of nitrogens with zero attached hydrogens (tertiary/aromatic N) is 1. The summed E-state index contributed by atoms with van der Waals surface area (Å²) in [5.74, 6) is -0.505. The van der Waals surface area contributed by atoms with Crippen LogP contribution >= 0.6 is 11.3 Å². The predicted octanol–water partition coefficient (Wildman–Crippen LogP) is 6.35. The molecule has 0 spiro atoms. The molecule has 0 saturated carbocycles. The van der Waals surface area contributed by atoms with Gasteiger partial charge in [0.05, 0.1) is 16.1 Å². The number of halogens is 3. The van der Waals surface area contributed by atoms with Gasteiger partial charge in [-0.05, 0) is 79.9 Å². The van der Waals surface area contributed by atoms with E-state index in [4.69, 9.17) is 0 Å². The molecule has 6 nitrogen and oxygen atoms in total. The molecule has 1 fully saturated rings. The fraction of sp³-hybridized carbons (Fsp3) is 0.320. The molecule has 1 aromatic heterocycles. The van der Waals surface area contributed by atoms with Crippen LogP contribution < -0.4 is 14.9 Å². The number of hydrogen-bond donors (Lipinski definition) is 2. The Balaban J connectivity index is 1.61. The highest BCUT2D eigenvalue weighted by atomic mass is 32.2. The van der Waals surface area contributed by atoms with Crippen molar-refractivity contribution >= 4 is 44.3 Å². The Hall–Kier alpha value is -3.05. The summed E-state index contributed by atoms with van der Waals surface area (Å²) in [6.07, 6.45) is -2.46. The summed E-state index contributed by atoms with van der Waals surface area (Å²) in [6, 6.07) is 6.89. The average Bonchev–Trinajstić information content (AvgIpc) is 3.48. The van der Waals surface area contributed by atoms with E-state index in [1.54, 1.807) is 5.38 Å². The maximum absolute atomic E-state index is 13.2. The molecule has 1 aliphatic heterocycles. The van der Waals surface area contributed by atoms with Gasteiger partial charge in [-0.1, -0.05) is 12.1 Å². The van der Waals surface area contributed by atoms with Crippen molar-refractivity contribution in [1.82, 2.24) is 0 Å². The number of alkyl halides is 3. The second kappa shape index (κ2) is 9.78. The summed E-state index contributed by atoms with van der Waals surface area (Å²) < 4.78 is 67.1. The standard InChI is InChI=1S/C25H26F3N3O3S2/c1-15-13-16(2)22(31-10-4-5-11-31)17(3)21(15)29-24(32)23-20(9-12-35-23)30-36(33,34)19-8-6-7-18(14-19)25(26,27)28/h6-9,12-14,30H,4-5,10-11H2,1-3H3,(H,29,32). The molecule has 2 N–H and O–H groups in total. The summed E-state index contributed by atoms with van der Waals surface area (Å²) in [5.41, 5.74) is 3.60. The van der Waals surface area contributed by atoms with Crippen molar-refractivity contribution in [2.75, 3.05) is 28.0 Å². The highest BCUT2D eigenvalue weighted by Crippen LogP contribution is 2.36. The number of sulfonamides is 1. The zero-order chi connectivity index (χ0) is 26.3. The SMILES string of the molecule is Cc1cc(C)c(N2CCCC2)c(C)c1NC(=O)c1sccc1NS(=O)(=O)c1cccc(C(F)(F)F)c1. The molecule has 3 aromatic rings. The lowest BCUT2D eigenvalue weighted by atomic mass is 10.0. The van der Waals surface area contributed by atoms with Crippen LogP contribution in [0.5, 0.6) is 0 Å². The van der Waals surface area contributed by atoms with E-state index in [9.17, 15) is 26.4 Å². The first-order valence-electron chi connectivity index (χ1n) is 11.3. The van der Waals surface area contributed by atoms with Gasteiger partial charge in [-0.15, -0.1) is 11.3 Å². The van der Waals surface area contributed by atoms with Crippen LogP contribution in [0.3, 0.4) is 0 Å². The molecule has 0 aliphatic carbocycles. The van der Waals surface area contributed by atoms with Crippen molar-refractivity contribution in [3.8, 4) is 0 Å². The number of nitrogens with one attached hydrogen (secondary N) is 2. The van der Waals surface area contributed by atoms with E-state index in [1.807, 2.05) is 26.8 Å². The van der Waals surface area contributed by atoms with Gasteiger partial charge in [0.1, 0.15) is 4.88 Å². The molecular weight excluding hydrogens is 511 g/mol. The monoisotopic (exact) mass is 537 g/mol. The lowest BCUT2D eigenvalue weighted by Crippen LogP contribution is -2.22. The molecule has 2 aromatic carbocycles. The molecule has 1 aliphatic rings. The third kappa shape index (κ3) is 5.22. The van der Waals surface area contributed by atoms with E-state index in [0.29, 0.717) is 11.8 Å². The summed E-state index contributed by atoms with van der Waals surface area (Å²) in [5, 5.41) is 4.47. The van der Waals surface area contributed by atoms with E-state index in [2.05, 4.69) is 14.9 Å². The van der Waals surface area contributed by atoms with Crippen molar-refractivity contribution < 1.29 is 26.4 Å². The third-order valence-corrected chi connectivity index (χ3v) is 8.46. The van der Waals surface area contributed by atoms with Gasteiger partial charge in [0.15, 0.2) is 0 Å². The number of carbonyl (C=O) groups excluding carboxylic acids is 1. The Morgan fingerprint density at radius 3 is 2.39 bits per heavy atom. The van der Waals surface area contributed by atoms with Crippen molar-refractivity contribution in [1.29, 1.82) is 0 Å². The number of amides is 1. The predicted molar refractivity (Wildman–Crippen MR) is 137 cm³/mol. The minimum absolute atomic E-state index is 0.00269. The maximum Gasteiger partial charge on any atom is 0.416 e. The van der Waals surface area contributed by atoms with Gasteiger partial charge in [0, 0.05) is 24.5 Å². The highest BCUT2D eigenvalue weighted by Gasteiger charge is 2.32. The topological polar surface area (TPSA) is 78.5 Å². The quantitative estimate of drug-likeness (QED) is 0.384. The van der Waals surface area contributed by atoms with Crippen LogP contribution in [-0.2, 0) is 16.2 Å². The van der Waals surface area contributed by atoms with Gasteiger partial charge in [-0.2, -0.15) is 13.2 Å². The fourth-order valence-electron chi connectivity index (χ4n) is 4.57. The molecule has 4 rings (SSSR count).